The van der Waals surface area contributed by atoms with Crippen LogP contribution in [0.1, 0.15) is 19.8 Å². The minimum Gasteiger partial charge on any atom is -0.360 e. The molecule has 1 saturated carbocycles. The second-order valence-corrected chi connectivity index (χ2v) is 5.05. The Hall–Kier alpha value is -0.570. The predicted molar refractivity (Wildman–Crippen MR) is 56.5 cm³/mol. The number of rotatable bonds is 1. The summed E-state index contributed by atoms with van der Waals surface area (Å²) in [7, 11) is 0. The molecule has 3 aliphatic rings. The molecule has 0 aromatic heterocycles. The summed E-state index contributed by atoms with van der Waals surface area (Å²) in [6.45, 7) is 6.89. The van der Waals surface area contributed by atoms with E-state index in [1.54, 1.807) is 0 Å². The molecule has 2 aliphatic heterocycles. The van der Waals surface area contributed by atoms with Crippen molar-refractivity contribution in [2.24, 2.45) is 11.8 Å². The maximum absolute atomic E-state index is 7.59. The lowest BCUT2D eigenvalue weighted by molar-refractivity contribution is 0.267. The van der Waals surface area contributed by atoms with E-state index >= 15 is 0 Å². The third kappa shape index (κ3) is 1.18. The SMILES string of the molecule is CC(=N)N1CC2C(C1)C2N1CCCC1. The first-order chi connectivity index (χ1) is 6.77. The maximum atomic E-state index is 7.59. The van der Waals surface area contributed by atoms with E-state index in [9.17, 15) is 0 Å². The van der Waals surface area contributed by atoms with E-state index < -0.39 is 0 Å². The van der Waals surface area contributed by atoms with Gasteiger partial charge in [-0.25, -0.2) is 0 Å². The third-order valence-electron chi connectivity index (χ3n) is 4.19. The molecule has 1 N–H and O–H groups in total. The van der Waals surface area contributed by atoms with E-state index in [0.717, 1.165) is 36.8 Å². The van der Waals surface area contributed by atoms with Crippen LogP contribution in [0.15, 0.2) is 0 Å². The summed E-state index contributed by atoms with van der Waals surface area (Å²) >= 11 is 0. The highest BCUT2D eigenvalue weighted by molar-refractivity contribution is 5.76. The first kappa shape index (κ1) is 8.72. The summed E-state index contributed by atoms with van der Waals surface area (Å²) < 4.78 is 0. The number of fused-ring (bicyclic) bond motifs is 1. The molecule has 0 spiro atoms. The van der Waals surface area contributed by atoms with E-state index in [4.69, 9.17) is 5.41 Å². The Bertz CT molecular complexity index is 245. The minimum absolute atomic E-state index is 0.761. The zero-order valence-electron chi connectivity index (χ0n) is 8.87. The first-order valence-corrected chi connectivity index (χ1v) is 5.81. The van der Waals surface area contributed by atoms with Crippen LogP contribution < -0.4 is 0 Å². The van der Waals surface area contributed by atoms with E-state index in [0.29, 0.717) is 0 Å². The molecule has 1 aliphatic carbocycles. The zero-order valence-corrected chi connectivity index (χ0v) is 8.87. The Morgan fingerprint density at radius 3 is 2.21 bits per heavy atom. The molecule has 3 heteroatoms. The summed E-state index contributed by atoms with van der Waals surface area (Å²) in [5, 5.41) is 7.59. The smallest absolute Gasteiger partial charge is 0.0926 e. The fourth-order valence-electron chi connectivity index (χ4n) is 3.35. The molecule has 2 atom stereocenters. The van der Waals surface area contributed by atoms with Gasteiger partial charge in [0.25, 0.3) is 0 Å². The van der Waals surface area contributed by atoms with Gasteiger partial charge in [-0.2, -0.15) is 0 Å². The molecule has 78 valence electrons. The van der Waals surface area contributed by atoms with Gasteiger partial charge in [-0.3, -0.25) is 10.3 Å². The van der Waals surface area contributed by atoms with Crippen molar-refractivity contribution in [2.75, 3.05) is 26.2 Å². The lowest BCUT2D eigenvalue weighted by atomic mass is 10.3. The van der Waals surface area contributed by atoms with Gasteiger partial charge in [0.15, 0.2) is 0 Å². The lowest BCUT2D eigenvalue weighted by Crippen LogP contribution is -2.35. The highest BCUT2D eigenvalue weighted by Crippen LogP contribution is 2.49. The molecule has 0 radical (unpaired) electrons. The van der Waals surface area contributed by atoms with Crippen LogP contribution in [0.5, 0.6) is 0 Å². The van der Waals surface area contributed by atoms with E-state index in [1.807, 2.05) is 6.92 Å². The fraction of sp³-hybridized carbons (Fsp3) is 0.909. The van der Waals surface area contributed by atoms with Crippen LogP contribution in [0.3, 0.4) is 0 Å². The van der Waals surface area contributed by atoms with Crippen LogP contribution in [-0.2, 0) is 0 Å². The van der Waals surface area contributed by atoms with Crippen molar-refractivity contribution < 1.29 is 0 Å². The summed E-state index contributed by atoms with van der Waals surface area (Å²) in [6, 6.07) is 0.896. The van der Waals surface area contributed by atoms with Gasteiger partial charge >= 0.3 is 0 Å². The van der Waals surface area contributed by atoms with E-state index in [1.165, 1.54) is 25.9 Å². The van der Waals surface area contributed by atoms with E-state index in [-0.39, 0.29) is 0 Å². The summed E-state index contributed by atoms with van der Waals surface area (Å²) in [6.07, 6.45) is 2.81. The molecule has 2 saturated heterocycles. The molecule has 3 rings (SSSR count). The maximum Gasteiger partial charge on any atom is 0.0926 e. The monoisotopic (exact) mass is 193 g/mol. The van der Waals surface area contributed by atoms with Crippen LogP contribution in [0, 0.1) is 17.2 Å². The van der Waals surface area contributed by atoms with Gasteiger partial charge in [0.2, 0.25) is 0 Å². The zero-order chi connectivity index (χ0) is 9.71. The van der Waals surface area contributed by atoms with Crippen LogP contribution in [0.25, 0.3) is 0 Å². The van der Waals surface area contributed by atoms with Crippen molar-refractivity contribution in [1.29, 1.82) is 5.41 Å². The van der Waals surface area contributed by atoms with Gasteiger partial charge in [0, 0.05) is 19.1 Å². The van der Waals surface area contributed by atoms with Gasteiger partial charge in [0.05, 0.1) is 5.84 Å². The Balaban J connectivity index is 1.58. The Morgan fingerprint density at radius 2 is 1.71 bits per heavy atom. The summed E-state index contributed by atoms with van der Waals surface area (Å²) in [5.74, 6) is 2.55. The van der Waals surface area contributed by atoms with Gasteiger partial charge in [-0.15, -0.1) is 0 Å². The highest BCUT2D eigenvalue weighted by Gasteiger charge is 2.58. The molecule has 14 heavy (non-hydrogen) atoms. The molecule has 3 fully saturated rings. The van der Waals surface area contributed by atoms with Gasteiger partial charge in [-0.05, 0) is 44.7 Å². The standard InChI is InChI=1S/C11H19N3/c1-8(12)14-6-9-10(7-14)11(9)13-4-2-3-5-13/h9-12H,2-7H2,1H3. The number of piperidine rings is 1. The number of likely N-dealkylation sites (tertiary alicyclic amines) is 2. The normalized spacial score (nSPS) is 41.5. The van der Waals surface area contributed by atoms with Crippen molar-refractivity contribution >= 4 is 5.84 Å². The molecule has 0 amide bonds. The molecule has 2 heterocycles. The largest absolute Gasteiger partial charge is 0.360 e. The van der Waals surface area contributed by atoms with Crippen LogP contribution in [-0.4, -0.2) is 47.9 Å². The van der Waals surface area contributed by atoms with Crippen molar-refractivity contribution in [3.05, 3.63) is 0 Å². The molecule has 0 aromatic rings. The quantitative estimate of drug-likeness (QED) is 0.497. The van der Waals surface area contributed by atoms with Crippen molar-refractivity contribution in [3.63, 3.8) is 0 Å². The summed E-state index contributed by atoms with van der Waals surface area (Å²) in [5.41, 5.74) is 0. The second-order valence-electron chi connectivity index (χ2n) is 5.05. The fourth-order valence-corrected chi connectivity index (χ4v) is 3.35. The number of amidine groups is 1. The Labute approximate surface area is 85.6 Å². The molecule has 0 aromatic carbocycles. The molecule has 0 bridgehead atoms. The van der Waals surface area contributed by atoms with Gasteiger partial charge in [0.1, 0.15) is 0 Å². The number of hydrogen-bond acceptors (Lipinski definition) is 2. The van der Waals surface area contributed by atoms with Gasteiger partial charge < -0.3 is 4.90 Å². The predicted octanol–water partition coefficient (Wildman–Crippen LogP) is 1.01. The number of nitrogens with zero attached hydrogens (tertiary/aromatic N) is 2. The third-order valence-corrected chi connectivity index (χ3v) is 4.19. The molecule has 2 unspecified atom stereocenters. The number of hydrogen-bond donors (Lipinski definition) is 1. The molecule has 3 nitrogen and oxygen atoms in total. The van der Waals surface area contributed by atoms with Crippen LogP contribution in [0.4, 0.5) is 0 Å². The van der Waals surface area contributed by atoms with Gasteiger partial charge in [-0.1, -0.05) is 0 Å². The lowest BCUT2D eigenvalue weighted by Gasteiger charge is -2.24. The average molecular weight is 193 g/mol. The van der Waals surface area contributed by atoms with Crippen molar-refractivity contribution in [3.8, 4) is 0 Å². The second kappa shape index (κ2) is 2.96. The van der Waals surface area contributed by atoms with Crippen molar-refractivity contribution in [1.82, 2.24) is 9.80 Å². The van der Waals surface area contributed by atoms with Crippen LogP contribution >= 0.6 is 0 Å². The Morgan fingerprint density at radius 1 is 1.14 bits per heavy atom. The minimum atomic E-state index is 0.761. The number of nitrogens with one attached hydrogen (secondary N) is 1. The van der Waals surface area contributed by atoms with E-state index in [2.05, 4.69) is 9.80 Å². The average Bonchev–Trinajstić information content (AvgIpc) is 2.66. The molecular formula is C11H19N3. The highest BCUT2D eigenvalue weighted by atomic mass is 15.3. The van der Waals surface area contributed by atoms with Crippen molar-refractivity contribution in [2.45, 2.75) is 25.8 Å². The summed E-state index contributed by atoms with van der Waals surface area (Å²) in [4.78, 5) is 4.92. The first-order valence-electron chi connectivity index (χ1n) is 5.81. The van der Waals surface area contributed by atoms with Crippen LogP contribution in [0.2, 0.25) is 0 Å². The molecular weight excluding hydrogens is 174 g/mol. The Kier molecular flexibility index (Phi) is 1.84. The topological polar surface area (TPSA) is 30.3 Å².